The molecule has 2 unspecified atom stereocenters. The summed E-state index contributed by atoms with van der Waals surface area (Å²) in [7, 11) is -0.931. The van der Waals surface area contributed by atoms with Crippen LogP contribution in [0.4, 0.5) is 0 Å². The van der Waals surface area contributed by atoms with Crippen LogP contribution >= 0.6 is 0 Å². The molecule has 0 heterocycles. The molecule has 0 N–H and O–H groups in total. The standard InChI is InChI=1S/C46H48O4Si/c1-6-46(45(47-5)15-17-51(48-7-2,49-8-3)50-9-4)16-14-33-20-36-23-39-26-40-24-37-21-34-18-31-12-10-11-13-32(31)19-35(34)22-38(37)25-41(40)27-42(39)28-43(36)29-44(33)30-46/h10-14,18-30,45H,6-9,15-17H2,1-5H3. The van der Waals surface area contributed by atoms with E-state index in [1.54, 1.807) is 0 Å². The Labute approximate surface area is 301 Å². The number of hydrogen-bond acceptors (Lipinski definition) is 4. The van der Waals surface area contributed by atoms with Crippen molar-refractivity contribution >= 4 is 85.6 Å². The summed E-state index contributed by atoms with van der Waals surface area (Å²) >= 11 is 0. The first-order chi connectivity index (χ1) is 24.9. The number of rotatable bonds is 12. The van der Waals surface area contributed by atoms with Gasteiger partial charge in [0.2, 0.25) is 0 Å². The number of benzene rings is 7. The second-order valence-corrected chi connectivity index (χ2v) is 16.9. The largest absolute Gasteiger partial charge is 0.501 e. The molecular formula is C46H48O4Si. The van der Waals surface area contributed by atoms with Gasteiger partial charge >= 0.3 is 8.80 Å². The number of methoxy groups -OCH3 is 1. The molecule has 0 radical (unpaired) electrons. The van der Waals surface area contributed by atoms with Crippen molar-refractivity contribution in [2.45, 2.75) is 59.1 Å². The third-order valence-corrected chi connectivity index (χ3v) is 14.3. The van der Waals surface area contributed by atoms with E-state index in [2.05, 4.69) is 116 Å². The zero-order valence-electron chi connectivity index (χ0n) is 30.6. The van der Waals surface area contributed by atoms with Crippen LogP contribution in [0, 0.1) is 5.41 Å². The first kappa shape index (κ1) is 34.0. The molecule has 5 heteroatoms. The number of ether oxygens (including phenoxy) is 1. The molecule has 0 saturated carbocycles. The van der Waals surface area contributed by atoms with E-state index in [0.29, 0.717) is 19.8 Å². The van der Waals surface area contributed by atoms with E-state index in [1.807, 2.05) is 27.9 Å². The maximum absolute atomic E-state index is 6.29. The highest BCUT2D eigenvalue weighted by atomic mass is 28.4. The molecule has 7 aromatic rings. The molecule has 1 aliphatic rings. The quantitative estimate of drug-likeness (QED) is 0.0944. The molecule has 260 valence electrons. The Morgan fingerprint density at radius 2 is 0.941 bits per heavy atom. The van der Waals surface area contributed by atoms with Crippen LogP contribution < -0.4 is 10.4 Å². The Kier molecular flexibility index (Phi) is 9.20. The predicted octanol–water partition coefficient (Wildman–Crippen LogP) is 10.4. The number of fused-ring (bicyclic) bond motifs is 7. The summed E-state index contributed by atoms with van der Waals surface area (Å²) in [5.74, 6) is 0. The van der Waals surface area contributed by atoms with Crippen LogP contribution in [0.25, 0.3) is 76.8 Å². The Balaban J connectivity index is 1.17. The Morgan fingerprint density at radius 1 is 0.549 bits per heavy atom. The molecule has 0 aliphatic heterocycles. The fourth-order valence-corrected chi connectivity index (χ4v) is 11.3. The highest BCUT2D eigenvalue weighted by Gasteiger charge is 2.44. The molecule has 51 heavy (non-hydrogen) atoms. The van der Waals surface area contributed by atoms with E-state index in [1.165, 1.54) is 75.1 Å². The lowest BCUT2D eigenvalue weighted by atomic mass is 9.72. The molecular weight excluding hydrogens is 645 g/mol. The van der Waals surface area contributed by atoms with E-state index in [0.717, 1.165) is 25.3 Å². The molecule has 0 bridgehead atoms. The Bertz CT molecular complexity index is 2540. The summed E-state index contributed by atoms with van der Waals surface area (Å²) in [4.78, 5) is 0. The highest BCUT2D eigenvalue weighted by Crippen LogP contribution is 2.40. The van der Waals surface area contributed by atoms with Crippen LogP contribution in [0.15, 0.2) is 97.1 Å². The fraction of sp³-hybridized carbons (Fsp3) is 0.304. The third-order valence-electron chi connectivity index (χ3n) is 11.3. The van der Waals surface area contributed by atoms with E-state index >= 15 is 0 Å². The summed E-state index contributed by atoms with van der Waals surface area (Å²) in [6, 6.07) is 37.6. The molecule has 0 saturated heterocycles. The maximum Gasteiger partial charge on any atom is 0.501 e. The lowest BCUT2D eigenvalue weighted by molar-refractivity contribution is 0.0107. The molecule has 0 aromatic heterocycles. The molecule has 0 amide bonds. The average molecular weight is 693 g/mol. The van der Waals surface area contributed by atoms with Crippen molar-refractivity contribution in [3.05, 3.63) is 107 Å². The monoisotopic (exact) mass is 692 g/mol. The van der Waals surface area contributed by atoms with Crippen LogP contribution in [0.1, 0.15) is 47.0 Å². The minimum Gasteiger partial charge on any atom is -0.381 e. The van der Waals surface area contributed by atoms with Gasteiger partial charge in [0.05, 0.1) is 6.10 Å². The minimum absolute atomic E-state index is 0.0180. The van der Waals surface area contributed by atoms with Crippen LogP contribution in [0.2, 0.25) is 6.04 Å². The van der Waals surface area contributed by atoms with Gasteiger partial charge in [-0.2, -0.15) is 0 Å². The van der Waals surface area contributed by atoms with Gasteiger partial charge in [0.1, 0.15) is 0 Å². The summed E-state index contributed by atoms with van der Waals surface area (Å²) in [5, 5.41) is 17.9. The van der Waals surface area contributed by atoms with E-state index in [-0.39, 0.29) is 11.5 Å². The summed E-state index contributed by atoms with van der Waals surface area (Å²) in [5.41, 5.74) is -0.120. The van der Waals surface area contributed by atoms with Crippen molar-refractivity contribution in [1.82, 2.24) is 0 Å². The molecule has 2 atom stereocenters. The maximum atomic E-state index is 6.29. The highest BCUT2D eigenvalue weighted by molar-refractivity contribution is 6.60. The van der Waals surface area contributed by atoms with Gasteiger partial charge in [-0.3, -0.25) is 0 Å². The second kappa shape index (κ2) is 13.8. The van der Waals surface area contributed by atoms with Crippen molar-refractivity contribution < 1.29 is 18.0 Å². The van der Waals surface area contributed by atoms with Crippen LogP contribution in [0.3, 0.4) is 0 Å². The van der Waals surface area contributed by atoms with Gasteiger partial charge < -0.3 is 18.0 Å². The van der Waals surface area contributed by atoms with Crippen molar-refractivity contribution in [3.8, 4) is 0 Å². The molecule has 4 nitrogen and oxygen atoms in total. The van der Waals surface area contributed by atoms with E-state index in [9.17, 15) is 0 Å². The summed E-state index contributed by atoms with van der Waals surface area (Å²) in [6.07, 6.45) is 7.67. The first-order valence-corrected chi connectivity index (χ1v) is 20.7. The van der Waals surface area contributed by atoms with Crippen molar-refractivity contribution in [2.75, 3.05) is 26.9 Å². The van der Waals surface area contributed by atoms with Crippen LogP contribution in [-0.2, 0) is 18.0 Å². The normalized spacial score (nSPS) is 17.0. The van der Waals surface area contributed by atoms with Crippen LogP contribution in [0.5, 0.6) is 0 Å². The zero-order valence-corrected chi connectivity index (χ0v) is 31.6. The lowest BCUT2D eigenvalue weighted by Gasteiger charge is -2.39. The van der Waals surface area contributed by atoms with Crippen molar-refractivity contribution in [1.29, 1.82) is 0 Å². The van der Waals surface area contributed by atoms with Gasteiger partial charge in [-0.05, 0) is 188 Å². The summed E-state index contributed by atoms with van der Waals surface area (Å²) < 4.78 is 24.9. The van der Waals surface area contributed by atoms with Gasteiger partial charge in [-0.25, -0.2) is 0 Å². The number of hydrogen-bond donors (Lipinski definition) is 0. The van der Waals surface area contributed by atoms with Crippen molar-refractivity contribution in [2.24, 2.45) is 5.41 Å². The Hall–Kier alpha value is -4.10. The topological polar surface area (TPSA) is 36.9 Å². The summed E-state index contributed by atoms with van der Waals surface area (Å²) in [6.45, 7) is 10.1. The second-order valence-electron chi connectivity index (χ2n) is 14.2. The lowest BCUT2D eigenvalue weighted by Crippen LogP contribution is -2.48. The van der Waals surface area contributed by atoms with Crippen molar-refractivity contribution in [3.63, 3.8) is 0 Å². The average Bonchev–Trinajstić information content (AvgIpc) is 3.13. The van der Waals surface area contributed by atoms with Gasteiger partial charge in [-0.15, -0.1) is 0 Å². The fourth-order valence-electron chi connectivity index (χ4n) is 8.65. The molecule has 7 aromatic carbocycles. The van der Waals surface area contributed by atoms with Gasteiger partial charge in [0.25, 0.3) is 0 Å². The third kappa shape index (κ3) is 6.26. The van der Waals surface area contributed by atoms with Crippen LogP contribution in [-0.4, -0.2) is 41.8 Å². The van der Waals surface area contributed by atoms with Gasteiger partial charge in [-0.1, -0.05) is 43.3 Å². The van der Waals surface area contributed by atoms with Gasteiger partial charge in [0.15, 0.2) is 0 Å². The smallest absolute Gasteiger partial charge is 0.381 e. The molecule has 0 fully saturated rings. The van der Waals surface area contributed by atoms with E-state index in [4.69, 9.17) is 18.0 Å². The Morgan fingerprint density at radius 3 is 1.33 bits per heavy atom. The SMILES string of the molecule is CCO[Si](CCC(OC)C1(CC)C=c2cc3cc4cc5cc6cc7cc8ccccc8cc7cc6cc5cc4cc3cc2=CC1)(OCC)OCC. The minimum atomic E-state index is -2.78. The van der Waals surface area contributed by atoms with E-state index < -0.39 is 8.80 Å². The molecule has 8 rings (SSSR count). The zero-order chi connectivity index (χ0) is 35.2. The first-order valence-electron chi connectivity index (χ1n) is 18.7. The molecule has 0 spiro atoms. The predicted molar refractivity (Wildman–Crippen MR) is 218 cm³/mol. The van der Waals surface area contributed by atoms with Gasteiger partial charge in [0, 0.05) is 38.4 Å². The molecule has 1 aliphatic carbocycles.